The van der Waals surface area contributed by atoms with Gasteiger partial charge in [-0.05, 0) is 53.8 Å². The van der Waals surface area contributed by atoms with Crippen molar-refractivity contribution in [1.82, 2.24) is 15.2 Å². The van der Waals surface area contributed by atoms with Gasteiger partial charge in [0.15, 0.2) is 0 Å². The second-order valence-corrected chi connectivity index (χ2v) is 11.9. The Kier molecular flexibility index (Phi) is 8.05. The number of fused-ring (bicyclic) bond motifs is 3. The summed E-state index contributed by atoms with van der Waals surface area (Å²) in [4.78, 5) is 22.9. The number of hydrogen-bond donors (Lipinski definition) is 1. The predicted molar refractivity (Wildman–Crippen MR) is 162 cm³/mol. The van der Waals surface area contributed by atoms with Crippen LogP contribution in [0.3, 0.4) is 0 Å². The number of unbranched alkanes of at least 4 members (excludes halogenated alkanes) is 1. The van der Waals surface area contributed by atoms with E-state index in [0.29, 0.717) is 6.42 Å². The van der Waals surface area contributed by atoms with Crippen LogP contribution < -0.4 is 10.2 Å². The summed E-state index contributed by atoms with van der Waals surface area (Å²) in [7, 11) is 0. The first-order valence-corrected chi connectivity index (χ1v) is 15.2. The van der Waals surface area contributed by atoms with Gasteiger partial charge in [0.25, 0.3) is 0 Å². The zero-order valence-corrected chi connectivity index (χ0v) is 24.1. The lowest BCUT2D eigenvalue weighted by atomic mass is 9.73. The first-order valence-electron chi connectivity index (χ1n) is 14.4. The molecule has 1 aliphatic heterocycles. The lowest BCUT2D eigenvalue weighted by Gasteiger charge is -2.36. The standard InChI is InChI=1S/C33H33F3N4OS/c34-33(35,36)23-38-31(41)32(28-12-3-1-10-26(28)27-11-2-4-13-29(27)32)14-5-6-16-39-17-19-40(20-18-39)25-9-7-8-24(22-25)30-37-15-21-42-30/h1-4,7-13,15,21-22H,5-6,14,16-20,23H2,(H,38,41). The molecule has 5 nitrogen and oxygen atoms in total. The molecule has 0 spiro atoms. The molecule has 2 heterocycles. The number of anilines is 1. The van der Waals surface area contributed by atoms with E-state index in [2.05, 4.69) is 44.4 Å². The van der Waals surface area contributed by atoms with Gasteiger partial charge in [0.05, 0.1) is 0 Å². The van der Waals surface area contributed by atoms with Gasteiger partial charge in [-0.1, -0.05) is 67.1 Å². The van der Waals surface area contributed by atoms with E-state index in [1.807, 2.05) is 60.1 Å². The van der Waals surface area contributed by atoms with Crippen LogP contribution in [0.1, 0.15) is 30.4 Å². The van der Waals surface area contributed by atoms with Crippen LogP contribution in [0.4, 0.5) is 18.9 Å². The molecule has 1 fully saturated rings. The zero-order chi connectivity index (χ0) is 29.2. The van der Waals surface area contributed by atoms with E-state index in [4.69, 9.17) is 0 Å². The lowest BCUT2D eigenvalue weighted by Crippen LogP contribution is -2.47. The van der Waals surface area contributed by atoms with Gasteiger partial charge in [0, 0.05) is 49.0 Å². The van der Waals surface area contributed by atoms with Crippen molar-refractivity contribution in [3.8, 4) is 21.7 Å². The molecule has 1 amide bonds. The number of rotatable bonds is 9. The second kappa shape index (κ2) is 11.9. The highest BCUT2D eigenvalue weighted by atomic mass is 32.1. The normalized spacial score (nSPS) is 16.2. The number of carbonyl (C=O) groups is 1. The molecular formula is C33H33F3N4OS. The monoisotopic (exact) mass is 590 g/mol. The zero-order valence-electron chi connectivity index (χ0n) is 23.2. The van der Waals surface area contributed by atoms with Crippen LogP contribution in [0.5, 0.6) is 0 Å². The van der Waals surface area contributed by atoms with Crippen molar-refractivity contribution in [3.63, 3.8) is 0 Å². The Bertz CT molecular complexity index is 1480. The molecule has 0 saturated carbocycles. The second-order valence-electron chi connectivity index (χ2n) is 11.0. The van der Waals surface area contributed by atoms with Crippen molar-refractivity contribution in [3.05, 3.63) is 95.5 Å². The Balaban J connectivity index is 1.10. The van der Waals surface area contributed by atoms with Gasteiger partial charge in [-0.2, -0.15) is 13.2 Å². The largest absolute Gasteiger partial charge is 0.405 e. The molecule has 3 aromatic carbocycles. The summed E-state index contributed by atoms with van der Waals surface area (Å²) in [6, 6.07) is 23.8. The van der Waals surface area contributed by atoms with E-state index in [9.17, 15) is 18.0 Å². The third-order valence-corrected chi connectivity index (χ3v) is 9.26. The van der Waals surface area contributed by atoms with Crippen molar-refractivity contribution in [2.45, 2.75) is 30.9 Å². The molecule has 2 aliphatic rings. The number of benzene rings is 3. The quantitative estimate of drug-likeness (QED) is 0.219. The fraction of sp³-hybridized carbons (Fsp3) is 0.333. The minimum atomic E-state index is -4.47. The topological polar surface area (TPSA) is 48.5 Å². The summed E-state index contributed by atoms with van der Waals surface area (Å²) in [5, 5.41) is 5.24. The van der Waals surface area contributed by atoms with Crippen molar-refractivity contribution in [2.24, 2.45) is 0 Å². The number of nitrogens with zero attached hydrogens (tertiary/aromatic N) is 3. The lowest BCUT2D eigenvalue weighted by molar-refractivity contribution is -0.141. The Labute approximate surface area is 248 Å². The molecule has 1 aliphatic carbocycles. The third-order valence-electron chi connectivity index (χ3n) is 8.44. The van der Waals surface area contributed by atoms with E-state index >= 15 is 0 Å². The van der Waals surface area contributed by atoms with Gasteiger partial charge < -0.3 is 10.2 Å². The van der Waals surface area contributed by atoms with Gasteiger partial charge in [-0.3, -0.25) is 9.69 Å². The molecule has 0 atom stereocenters. The molecule has 9 heteroatoms. The highest BCUT2D eigenvalue weighted by molar-refractivity contribution is 7.13. The molecular weight excluding hydrogens is 557 g/mol. The van der Waals surface area contributed by atoms with Crippen LogP contribution in [0, 0.1) is 0 Å². The Hall–Kier alpha value is -3.69. The third kappa shape index (κ3) is 5.68. The smallest absolute Gasteiger partial charge is 0.369 e. The van der Waals surface area contributed by atoms with Crippen LogP contribution in [-0.2, 0) is 10.2 Å². The van der Waals surface area contributed by atoms with Gasteiger partial charge in [0.2, 0.25) is 5.91 Å². The van der Waals surface area contributed by atoms with Crippen LogP contribution in [-0.4, -0.2) is 61.2 Å². The summed E-state index contributed by atoms with van der Waals surface area (Å²) < 4.78 is 39.4. The molecule has 0 radical (unpaired) electrons. The molecule has 42 heavy (non-hydrogen) atoms. The fourth-order valence-electron chi connectivity index (χ4n) is 6.44. The molecule has 0 unspecified atom stereocenters. The van der Waals surface area contributed by atoms with Gasteiger partial charge >= 0.3 is 6.18 Å². The SMILES string of the molecule is O=C(NCC(F)(F)F)C1(CCCCN2CCN(c3cccc(-c4nccs4)c3)CC2)c2ccccc2-c2ccccc21. The molecule has 1 aromatic heterocycles. The number of thiazole rings is 1. The van der Waals surface area contributed by atoms with Gasteiger partial charge in [-0.15, -0.1) is 11.3 Å². The average molecular weight is 591 g/mol. The number of piperazine rings is 1. The minimum absolute atomic E-state index is 0.453. The van der Waals surface area contributed by atoms with E-state index in [-0.39, 0.29) is 0 Å². The summed E-state index contributed by atoms with van der Waals surface area (Å²) in [5.41, 5.74) is 4.62. The number of carbonyl (C=O) groups excluding carboxylic acids is 1. The maximum absolute atomic E-state index is 13.7. The minimum Gasteiger partial charge on any atom is -0.369 e. The first kappa shape index (κ1) is 28.4. The van der Waals surface area contributed by atoms with Crippen LogP contribution in [0.25, 0.3) is 21.7 Å². The van der Waals surface area contributed by atoms with Gasteiger partial charge in [0.1, 0.15) is 17.0 Å². The number of aromatic nitrogens is 1. The molecule has 218 valence electrons. The highest BCUT2D eigenvalue weighted by Gasteiger charge is 2.49. The van der Waals surface area contributed by atoms with E-state index in [1.165, 1.54) is 5.69 Å². The van der Waals surface area contributed by atoms with Crippen LogP contribution in [0.2, 0.25) is 0 Å². The van der Waals surface area contributed by atoms with Crippen molar-refractivity contribution >= 4 is 22.9 Å². The number of hydrogen-bond acceptors (Lipinski definition) is 5. The van der Waals surface area contributed by atoms with Crippen molar-refractivity contribution in [2.75, 3.05) is 44.2 Å². The summed E-state index contributed by atoms with van der Waals surface area (Å²) in [6.45, 7) is 3.26. The molecule has 1 saturated heterocycles. The van der Waals surface area contributed by atoms with E-state index < -0.39 is 24.0 Å². The number of halogens is 3. The highest BCUT2D eigenvalue weighted by Crippen LogP contribution is 2.51. The number of nitrogens with one attached hydrogen (secondary N) is 1. The predicted octanol–water partition coefficient (Wildman–Crippen LogP) is 6.75. The fourth-order valence-corrected chi connectivity index (χ4v) is 7.08. The van der Waals surface area contributed by atoms with E-state index in [1.54, 1.807) is 11.3 Å². The van der Waals surface area contributed by atoms with Crippen molar-refractivity contribution < 1.29 is 18.0 Å². The van der Waals surface area contributed by atoms with Crippen molar-refractivity contribution in [1.29, 1.82) is 0 Å². The maximum atomic E-state index is 13.7. The Morgan fingerprint density at radius 1 is 0.905 bits per heavy atom. The first-order chi connectivity index (χ1) is 20.3. The Morgan fingerprint density at radius 2 is 1.60 bits per heavy atom. The molecule has 4 aromatic rings. The average Bonchev–Trinajstić information content (AvgIpc) is 3.65. The van der Waals surface area contributed by atoms with E-state index in [0.717, 1.165) is 78.4 Å². The summed E-state index contributed by atoms with van der Waals surface area (Å²) >= 11 is 1.64. The van der Waals surface area contributed by atoms with Gasteiger partial charge in [-0.25, -0.2) is 4.98 Å². The number of alkyl halides is 3. The van der Waals surface area contributed by atoms with Crippen LogP contribution in [0.15, 0.2) is 84.4 Å². The van der Waals surface area contributed by atoms with Crippen LogP contribution >= 0.6 is 11.3 Å². The molecule has 0 bridgehead atoms. The molecule has 1 N–H and O–H groups in total. The number of amides is 1. The molecule has 6 rings (SSSR count). The Morgan fingerprint density at radius 3 is 2.24 bits per heavy atom. The maximum Gasteiger partial charge on any atom is 0.405 e. The summed E-state index contributed by atoms with van der Waals surface area (Å²) in [5.74, 6) is -0.578. The summed E-state index contributed by atoms with van der Waals surface area (Å²) in [6.07, 6.45) is -0.615.